The second-order valence-electron chi connectivity index (χ2n) is 4.40. The molecule has 2 N–H and O–H groups in total. The Bertz CT molecular complexity index is 365. The van der Waals surface area contributed by atoms with E-state index in [1.807, 2.05) is 11.8 Å². The summed E-state index contributed by atoms with van der Waals surface area (Å²) in [6, 6.07) is 7.05. The molecule has 0 saturated carbocycles. The third-order valence-electron chi connectivity index (χ3n) is 3.20. The van der Waals surface area contributed by atoms with Crippen LogP contribution in [0, 0.1) is 6.92 Å². The fourth-order valence-electron chi connectivity index (χ4n) is 2.35. The van der Waals surface area contributed by atoms with Gasteiger partial charge in [-0.25, -0.2) is 0 Å². The van der Waals surface area contributed by atoms with Crippen LogP contribution in [0.25, 0.3) is 0 Å². The maximum absolute atomic E-state index is 5.84. The molecule has 2 rings (SSSR count). The minimum Gasteiger partial charge on any atom is -0.367 e. The van der Waals surface area contributed by atoms with Gasteiger partial charge in [0.25, 0.3) is 0 Å². The van der Waals surface area contributed by atoms with Crippen molar-refractivity contribution in [2.45, 2.75) is 26.4 Å². The van der Waals surface area contributed by atoms with Gasteiger partial charge in [0, 0.05) is 36.3 Å². The lowest BCUT2D eigenvalue weighted by Gasteiger charge is -2.37. The highest BCUT2D eigenvalue weighted by atomic mass is 32.2. The number of benzene rings is 1. The monoisotopic (exact) mass is 236 g/mol. The van der Waals surface area contributed by atoms with Gasteiger partial charge in [-0.2, -0.15) is 11.8 Å². The van der Waals surface area contributed by atoms with Crippen LogP contribution < -0.4 is 10.6 Å². The Morgan fingerprint density at radius 3 is 3.00 bits per heavy atom. The van der Waals surface area contributed by atoms with E-state index in [4.69, 9.17) is 5.73 Å². The van der Waals surface area contributed by atoms with E-state index in [-0.39, 0.29) is 0 Å². The first-order chi connectivity index (χ1) is 7.74. The van der Waals surface area contributed by atoms with Crippen molar-refractivity contribution in [2.24, 2.45) is 5.73 Å². The zero-order chi connectivity index (χ0) is 11.5. The lowest BCUT2D eigenvalue weighted by Crippen LogP contribution is -2.41. The molecule has 1 atom stereocenters. The third-order valence-corrected chi connectivity index (χ3v) is 4.39. The summed E-state index contributed by atoms with van der Waals surface area (Å²) >= 11 is 2.05. The van der Waals surface area contributed by atoms with Gasteiger partial charge >= 0.3 is 0 Å². The Kier molecular flexibility index (Phi) is 3.77. The van der Waals surface area contributed by atoms with E-state index in [2.05, 4.69) is 36.9 Å². The van der Waals surface area contributed by atoms with E-state index in [9.17, 15) is 0 Å². The molecule has 1 aliphatic rings. The zero-order valence-electron chi connectivity index (χ0n) is 10.1. The maximum Gasteiger partial charge on any atom is 0.0444 e. The van der Waals surface area contributed by atoms with Gasteiger partial charge in [0.1, 0.15) is 0 Å². The van der Waals surface area contributed by atoms with Gasteiger partial charge in [-0.05, 0) is 25.0 Å². The zero-order valence-corrected chi connectivity index (χ0v) is 10.9. The van der Waals surface area contributed by atoms with E-state index >= 15 is 0 Å². The summed E-state index contributed by atoms with van der Waals surface area (Å²) in [7, 11) is 0. The summed E-state index contributed by atoms with van der Waals surface area (Å²) in [5.74, 6) is 2.45. The first kappa shape index (κ1) is 11.8. The van der Waals surface area contributed by atoms with Crippen molar-refractivity contribution in [3.63, 3.8) is 0 Å². The predicted molar refractivity (Wildman–Crippen MR) is 73.2 cm³/mol. The molecule has 1 aromatic rings. The van der Waals surface area contributed by atoms with Crippen molar-refractivity contribution in [1.29, 1.82) is 0 Å². The number of anilines is 1. The van der Waals surface area contributed by atoms with E-state index in [1.165, 1.54) is 28.3 Å². The molecule has 88 valence electrons. The van der Waals surface area contributed by atoms with Gasteiger partial charge in [-0.15, -0.1) is 0 Å². The van der Waals surface area contributed by atoms with Gasteiger partial charge in [-0.3, -0.25) is 0 Å². The number of hydrogen-bond acceptors (Lipinski definition) is 3. The summed E-state index contributed by atoms with van der Waals surface area (Å²) in [5, 5.41) is 0. The quantitative estimate of drug-likeness (QED) is 0.855. The minimum atomic E-state index is 0.616. The second kappa shape index (κ2) is 5.11. The van der Waals surface area contributed by atoms with Crippen LogP contribution in [0.2, 0.25) is 0 Å². The number of para-hydroxylation sites is 1. The molecule has 2 nitrogen and oxygen atoms in total. The highest BCUT2D eigenvalue weighted by Gasteiger charge is 2.21. The molecule has 0 amide bonds. The Labute approximate surface area is 102 Å². The Morgan fingerprint density at radius 2 is 2.31 bits per heavy atom. The number of aryl methyl sites for hydroxylation is 1. The first-order valence-electron chi connectivity index (χ1n) is 5.87. The molecule has 0 aromatic heterocycles. The molecule has 1 aliphatic heterocycles. The van der Waals surface area contributed by atoms with Crippen LogP contribution in [0.5, 0.6) is 0 Å². The molecule has 0 aliphatic carbocycles. The summed E-state index contributed by atoms with van der Waals surface area (Å²) < 4.78 is 0. The smallest absolute Gasteiger partial charge is 0.0444 e. The maximum atomic E-state index is 5.84. The van der Waals surface area contributed by atoms with Crippen LogP contribution in [0.1, 0.15) is 18.1 Å². The SMILES string of the molecule is Cc1cccc(CN)c1N1CCSCC1C. The first-order valence-corrected chi connectivity index (χ1v) is 7.02. The van der Waals surface area contributed by atoms with Gasteiger partial charge in [0.15, 0.2) is 0 Å². The normalized spacial score (nSPS) is 21.2. The van der Waals surface area contributed by atoms with Crippen LogP contribution >= 0.6 is 11.8 Å². The highest BCUT2D eigenvalue weighted by Crippen LogP contribution is 2.30. The summed E-state index contributed by atoms with van der Waals surface area (Å²) in [4.78, 5) is 2.52. The van der Waals surface area contributed by atoms with Gasteiger partial charge in [0.05, 0.1) is 0 Å². The van der Waals surface area contributed by atoms with Crippen LogP contribution in [-0.2, 0) is 6.54 Å². The van der Waals surface area contributed by atoms with E-state index in [0.717, 1.165) is 6.54 Å². The third kappa shape index (κ3) is 2.20. The number of hydrogen-bond donors (Lipinski definition) is 1. The van der Waals surface area contributed by atoms with Crippen molar-refractivity contribution >= 4 is 17.4 Å². The number of nitrogens with two attached hydrogens (primary N) is 1. The van der Waals surface area contributed by atoms with Crippen LogP contribution in [0.4, 0.5) is 5.69 Å². The molecular formula is C13H20N2S. The highest BCUT2D eigenvalue weighted by molar-refractivity contribution is 7.99. The van der Waals surface area contributed by atoms with Gasteiger partial charge in [-0.1, -0.05) is 18.2 Å². The summed E-state index contributed by atoms with van der Waals surface area (Å²) in [6.45, 7) is 6.26. The molecule has 1 fully saturated rings. The molecule has 0 spiro atoms. The molecule has 1 aromatic carbocycles. The topological polar surface area (TPSA) is 29.3 Å². The number of nitrogens with zero attached hydrogens (tertiary/aromatic N) is 1. The number of thioether (sulfide) groups is 1. The summed E-state index contributed by atoms with van der Waals surface area (Å²) in [6.07, 6.45) is 0. The second-order valence-corrected chi connectivity index (χ2v) is 5.55. The van der Waals surface area contributed by atoms with Crippen molar-refractivity contribution in [3.05, 3.63) is 29.3 Å². The Morgan fingerprint density at radius 1 is 1.50 bits per heavy atom. The Balaban J connectivity index is 2.37. The lowest BCUT2D eigenvalue weighted by molar-refractivity contribution is 0.693. The predicted octanol–water partition coefficient (Wildman–Crippen LogP) is 2.40. The van der Waals surface area contributed by atoms with E-state index in [1.54, 1.807) is 0 Å². The fraction of sp³-hybridized carbons (Fsp3) is 0.538. The van der Waals surface area contributed by atoms with Crippen molar-refractivity contribution < 1.29 is 0 Å². The Hall–Kier alpha value is -0.670. The van der Waals surface area contributed by atoms with Crippen LogP contribution in [0.3, 0.4) is 0 Å². The van der Waals surface area contributed by atoms with Crippen LogP contribution in [0.15, 0.2) is 18.2 Å². The molecule has 1 unspecified atom stereocenters. The molecule has 0 bridgehead atoms. The molecule has 1 heterocycles. The number of rotatable bonds is 2. The standard InChI is InChI=1S/C13H20N2S/c1-10-4-3-5-12(8-14)13(10)15-6-7-16-9-11(15)2/h3-5,11H,6-9,14H2,1-2H3. The molecule has 0 radical (unpaired) electrons. The van der Waals surface area contributed by atoms with Crippen LogP contribution in [-0.4, -0.2) is 24.1 Å². The average molecular weight is 236 g/mol. The molecule has 16 heavy (non-hydrogen) atoms. The van der Waals surface area contributed by atoms with Crippen molar-refractivity contribution in [2.75, 3.05) is 23.0 Å². The summed E-state index contributed by atoms with van der Waals surface area (Å²) in [5.41, 5.74) is 9.84. The van der Waals surface area contributed by atoms with Gasteiger partial charge in [0.2, 0.25) is 0 Å². The lowest BCUT2D eigenvalue weighted by atomic mass is 10.1. The van der Waals surface area contributed by atoms with Gasteiger partial charge < -0.3 is 10.6 Å². The molecular weight excluding hydrogens is 216 g/mol. The van der Waals surface area contributed by atoms with Crippen molar-refractivity contribution in [3.8, 4) is 0 Å². The van der Waals surface area contributed by atoms with Crippen molar-refractivity contribution in [1.82, 2.24) is 0 Å². The fourth-order valence-corrected chi connectivity index (χ4v) is 3.37. The average Bonchev–Trinajstić information content (AvgIpc) is 2.30. The molecule has 3 heteroatoms. The van der Waals surface area contributed by atoms with E-state index in [0.29, 0.717) is 12.6 Å². The largest absolute Gasteiger partial charge is 0.367 e. The molecule has 1 saturated heterocycles. The minimum absolute atomic E-state index is 0.616. The van der Waals surface area contributed by atoms with E-state index < -0.39 is 0 Å².